The second kappa shape index (κ2) is 7.16. The van der Waals surface area contributed by atoms with Crippen molar-refractivity contribution < 1.29 is 4.52 Å². The van der Waals surface area contributed by atoms with Crippen molar-refractivity contribution in [1.29, 1.82) is 0 Å². The first-order chi connectivity index (χ1) is 14.1. The topological polar surface area (TPSA) is 47.1 Å². The summed E-state index contributed by atoms with van der Waals surface area (Å²) in [6.07, 6.45) is 3.43. The Morgan fingerprint density at radius 3 is 2.72 bits per heavy atom. The van der Waals surface area contributed by atoms with Crippen LogP contribution in [0, 0.1) is 6.92 Å². The number of aromatic nitrogens is 3. The normalized spacial score (nSPS) is 14.6. The quantitative estimate of drug-likeness (QED) is 0.457. The van der Waals surface area contributed by atoms with Crippen molar-refractivity contribution in [1.82, 2.24) is 19.6 Å². The maximum Gasteiger partial charge on any atom is 0.258 e. The third kappa shape index (κ3) is 3.25. The maximum atomic E-state index is 5.64. The molecule has 0 unspecified atom stereocenters. The Morgan fingerprint density at radius 2 is 1.97 bits per heavy atom. The monoisotopic (exact) mass is 386 g/mol. The van der Waals surface area contributed by atoms with Crippen LogP contribution in [0.3, 0.4) is 0 Å². The molecule has 0 aliphatic carbocycles. The lowest BCUT2D eigenvalue weighted by Crippen LogP contribution is -2.36. The molecule has 5 rings (SSSR count). The average Bonchev–Trinajstić information content (AvgIpc) is 3.32. The molecule has 2 aromatic carbocycles. The van der Waals surface area contributed by atoms with Gasteiger partial charge in [0.15, 0.2) is 0 Å². The first-order valence-electron chi connectivity index (χ1n) is 10.4. The minimum atomic E-state index is 0.430. The van der Waals surface area contributed by atoms with Gasteiger partial charge in [0.2, 0.25) is 5.82 Å². The summed E-state index contributed by atoms with van der Waals surface area (Å²) in [6, 6.07) is 15.3. The third-order valence-corrected chi connectivity index (χ3v) is 5.98. The van der Waals surface area contributed by atoms with E-state index in [4.69, 9.17) is 9.51 Å². The van der Waals surface area contributed by atoms with Crippen molar-refractivity contribution in [3.05, 3.63) is 59.8 Å². The minimum absolute atomic E-state index is 0.430. The first kappa shape index (κ1) is 18.1. The van der Waals surface area contributed by atoms with Crippen LogP contribution in [-0.4, -0.2) is 32.7 Å². The van der Waals surface area contributed by atoms with Crippen LogP contribution in [-0.2, 0) is 6.54 Å². The Labute approximate surface area is 171 Å². The van der Waals surface area contributed by atoms with Crippen molar-refractivity contribution in [3.8, 4) is 22.8 Å². The maximum absolute atomic E-state index is 5.64. The molecule has 29 heavy (non-hydrogen) atoms. The van der Waals surface area contributed by atoms with E-state index in [1.165, 1.54) is 41.5 Å². The van der Waals surface area contributed by atoms with Crippen molar-refractivity contribution in [2.24, 2.45) is 0 Å². The summed E-state index contributed by atoms with van der Waals surface area (Å²) in [5.74, 6) is 1.22. The molecule has 1 aliphatic rings. The summed E-state index contributed by atoms with van der Waals surface area (Å²) in [7, 11) is 0. The Morgan fingerprint density at radius 1 is 1.10 bits per heavy atom. The number of rotatable bonds is 5. The highest BCUT2D eigenvalue weighted by molar-refractivity contribution is 5.84. The third-order valence-electron chi connectivity index (χ3n) is 5.98. The second-order valence-corrected chi connectivity index (χ2v) is 8.23. The van der Waals surface area contributed by atoms with E-state index >= 15 is 0 Å². The molecule has 1 saturated heterocycles. The van der Waals surface area contributed by atoms with Gasteiger partial charge in [0.25, 0.3) is 5.89 Å². The van der Waals surface area contributed by atoms with Gasteiger partial charge in [0, 0.05) is 40.8 Å². The van der Waals surface area contributed by atoms with Crippen LogP contribution in [0.4, 0.5) is 0 Å². The number of benzene rings is 2. The van der Waals surface area contributed by atoms with Gasteiger partial charge in [-0.2, -0.15) is 4.98 Å². The van der Waals surface area contributed by atoms with Gasteiger partial charge < -0.3 is 9.09 Å². The standard InChI is InChI=1S/C24H26N4O/c1-16(2)28-13-10-18-14-19(8-9-22(18)28)24-25-23(26-29-24)21-7-4-6-20(17(21)3)15-27-11-5-12-27/h4,6-10,13-14,16H,5,11-12,15H2,1-3H3. The fraction of sp³-hybridized carbons (Fsp3) is 0.333. The minimum Gasteiger partial charge on any atom is -0.345 e. The van der Waals surface area contributed by atoms with Crippen molar-refractivity contribution >= 4 is 10.9 Å². The Hall–Kier alpha value is -2.92. The predicted octanol–water partition coefficient (Wildman–Crippen LogP) is 5.45. The molecule has 0 saturated carbocycles. The lowest BCUT2D eigenvalue weighted by molar-refractivity contribution is 0.172. The first-order valence-corrected chi connectivity index (χ1v) is 10.4. The Kier molecular flexibility index (Phi) is 4.47. The van der Waals surface area contributed by atoms with Crippen LogP contribution >= 0.6 is 0 Å². The fourth-order valence-electron chi connectivity index (χ4n) is 4.08. The summed E-state index contributed by atoms with van der Waals surface area (Å²) < 4.78 is 7.91. The highest BCUT2D eigenvalue weighted by Gasteiger charge is 2.18. The van der Waals surface area contributed by atoms with Crippen LogP contribution in [0.1, 0.15) is 37.4 Å². The zero-order chi connectivity index (χ0) is 20.0. The van der Waals surface area contributed by atoms with E-state index < -0.39 is 0 Å². The van der Waals surface area contributed by atoms with Crippen LogP contribution < -0.4 is 0 Å². The lowest BCUT2D eigenvalue weighted by atomic mass is 10.0. The zero-order valence-corrected chi connectivity index (χ0v) is 17.2. The van der Waals surface area contributed by atoms with Crippen LogP contribution in [0.15, 0.2) is 53.2 Å². The van der Waals surface area contributed by atoms with E-state index in [0.717, 1.165) is 17.7 Å². The van der Waals surface area contributed by atoms with E-state index in [-0.39, 0.29) is 0 Å². The highest BCUT2D eigenvalue weighted by atomic mass is 16.5. The molecular weight excluding hydrogens is 360 g/mol. The SMILES string of the molecule is Cc1c(CN2CCC2)cccc1-c1noc(-c2ccc3c(ccn3C(C)C)c2)n1. The smallest absolute Gasteiger partial charge is 0.258 e. The van der Waals surface area contributed by atoms with E-state index in [0.29, 0.717) is 17.8 Å². The number of likely N-dealkylation sites (tertiary alicyclic amines) is 1. The summed E-state index contributed by atoms with van der Waals surface area (Å²) in [6.45, 7) is 9.91. The molecule has 5 nitrogen and oxygen atoms in total. The van der Waals surface area contributed by atoms with Crippen LogP contribution in [0.5, 0.6) is 0 Å². The number of hydrogen-bond acceptors (Lipinski definition) is 4. The molecule has 1 fully saturated rings. The molecule has 0 amide bonds. The molecule has 1 aliphatic heterocycles. The van der Waals surface area contributed by atoms with Gasteiger partial charge in [0.1, 0.15) is 0 Å². The second-order valence-electron chi connectivity index (χ2n) is 8.23. The molecule has 0 spiro atoms. The molecule has 0 atom stereocenters. The Balaban J connectivity index is 1.46. The van der Waals surface area contributed by atoms with Crippen LogP contribution in [0.25, 0.3) is 33.7 Å². The molecule has 0 radical (unpaired) electrons. The van der Waals surface area contributed by atoms with Gasteiger partial charge in [-0.15, -0.1) is 0 Å². The van der Waals surface area contributed by atoms with Gasteiger partial charge in [-0.3, -0.25) is 4.90 Å². The summed E-state index contributed by atoms with van der Waals surface area (Å²) in [5, 5.41) is 5.47. The predicted molar refractivity (Wildman–Crippen MR) is 116 cm³/mol. The summed E-state index contributed by atoms with van der Waals surface area (Å²) in [5.41, 5.74) is 5.79. The van der Waals surface area contributed by atoms with Crippen molar-refractivity contribution in [3.63, 3.8) is 0 Å². The molecular formula is C24H26N4O. The number of hydrogen-bond donors (Lipinski definition) is 0. The van der Waals surface area contributed by atoms with Crippen molar-refractivity contribution in [2.45, 2.75) is 39.8 Å². The lowest BCUT2D eigenvalue weighted by Gasteiger charge is -2.31. The van der Waals surface area contributed by atoms with Crippen LogP contribution in [0.2, 0.25) is 0 Å². The van der Waals surface area contributed by atoms with Gasteiger partial charge in [-0.05, 0) is 75.7 Å². The molecule has 4 aromatic rings. The van der Waals surface area contributed by atoms with Gasteiger partial charge in [-0.1, -0.05) is 23.4 Å². The van der Waals surface area contributed by atoms with E-state index in [9.17, 15) is 0 Å². The zero-order valence-electron chi connectivity index (χ0n) is 17.2. The van der Waals surface area contributed by atoms with Gasteiger partial charge in [-0.25, -0.2) is 0 Å². The average molecular weight is 386 g/mol. The molecule has 0 N–H and O–H groups in total. The molecule has 2 aromatic heterocycles. The Bertz CT molecular complexity index is 1170. The number of fused-ring (bicyclic) bond motifs is 1. The largest absolute Gasteiger partial charge is 0.345 e. The van der Waals surface area contributed by atoms with Gasteiger partial charge in [0.05, 0.1) is 0 Å². The van der Waals surface area contributed by atoms with Crippen molar-refractivity contribution in [2.75, 3.05) is 13.1 Å². The summed E-state index contributed by atoms with van der Waals surface area (Å²) >= 11 is 0. The molecule has 148 valence electrons. The summed E-state index contributed by atoms with van der Waals surface area (Å²) in [4.78, 5) is 7.18. The van der Waals surface area contributed by atoms with Gasteiger partial charge >= 0.3 is 0 Å². The molecule has 0 bridgehead atoms. The molecule has 3 heterocycles. The molecule has 5 heteroatoms. The fourth-order valence-corrected chi connectivity index (χ4v) is 4.08. The number of nitrogens with zero attached hydrogens (tertiary/aromatic N) is 4. The van der Waals surface area contributed by atoms with E-state index in [2.05, 4.69) is 84.1 Å². The highest BCUT2D eigenvalue weighted by Crippen LogP contribution is 2.30. The van der Waals surface area contributed by atoms with E-state index in [1.54, 1.807) is 0 Å². The van der Waals surface area contributed by atoms with E-state index in [1.807, 2.05) is 0 Å².